The highest BCUT2D eigenvalue weighted by molar-refractivity contribution is 6.00. The maximum absolute atomic E-state index is 13.3. The minimum Gasteiger partial charge on any atom is -0.478 e. The summed E-state index contributed by atoms with van der Waals surface area (Å²) in [6.45, 7) is 1.65. The summed E-state index contributed by atoms with van der Waals surface area (Å²) in [6.07, 6.45) is 0. The van der Waals surface area contributed by atoms with Crippen LogP contribution >= 0.6 is 0 Å². The van der Waals surface area contributed by atoms with E-state index in [2.05, 4.69) is 10.3 Å². The largest absolute Gasteiger partial charge is 0.478 e. The lowest BCUT2D eigenvalue weighted by atomic mass is 10.1. The van der Waals surface area contributed by atoms with E-state index in [9.17, 15) is 9.18 Å². The van der Waals surface area contributed by atoms with Gasteiger partial charge in [-0.2, -0.15) is 0 Å². The zero-order valence-corrected chi connectivity index (χ0v) is 10.5. The summed E-state index contributed by atoms with van der Waals surface area (Å²) < 4.78 is 14.8. The van der Waals surface area contributed by atoms with E-state index in [0.29, 0.717) is 22.3 Å². The Bertz CT molecular complexity index is 826. The van der Waals surface area contributed by atoms with Crippen molar-refractivity contribution in [3.63, 3.8) is 0 Å². The molecule has 100 valence electrons. The molecular formula is C14H10FN3O2. The summed E-state index contributed by atoms with van der Waals surface area (Å²) in [5.41, 5.74) is 2.08. The topological polar surface area (TPSA) is 68.0 Å². The van der Waals surface area contributed by atoms with E-state index in [0.717, 1.165) is 0 Å². The Labute approximate surface area is 113 Å². The molecule has 3 aromatic rings. The van der Waals surface area contributed by atoms with Crippen LogP contribution in [0.25, 0.3) is 16.7 Å². The van der Waals surface area contributed by atoms with Gasteiger partial charge in [-0.25, -0.2) is 13.9 Å². The molecule has 0 aliphatic carbocycles. The summed E-state index contributed by atoms with van der Waals surface area (Å²) in [4.78, 5) is 11.1. The first-order chi connectivity index (χ1) is 9.58. The molecule has 0 radical (unpaired) electrons. The smallest absolute Gasteiger partial charge is 0.338 e. The second-order valence-corrected chi connectivity index (χ2v) is 4.41. The molecule has 0 spiro atoms. The number of carboxylic acid groups (broad SMARTS) is 1. The van der Waals surface area contributed by atoms with Gasteiger partial charge in [-0.3, -0.25) is 0 Å². The van der Waals surface area contributed by atoms with Crippen molar-refractivity contribution in [3.8, 4) is 5.69 Å². The highest BCUT2D eigenvalue weighted by Gasteiger charge is 2.14. The summed E-state index contributed by atoms with van der Waals surface area (Å²) in [5, 5.41) is 17.0. The van der Waals surface area contributed by atoms with Gasteiger partial charge in [-0.1, -0.05) is 11.3 Å². The Morgan fingerprint density at radius 2 is 2.10 bits per heavy atom. The lowest BCUT2D eigenvalue weighted by Gasteiger charge is -2.04. The number of hydrogen-bond donors (Lipinski definition) is 1. The second kappa shape index (κ2) is 4.41. The van der Waals surface area contributed by atoms with E-state index < -0.39 is 5.97 Å². The monoisotopic (exact) mass is 271 g/mol. The zero-order chi connectivity index (χ0) is 14.3. The van der Waals surface area contributed by atoms with Crippen LogP contribution in [-0.4, -0.2) is 26.1 Å². The number of halogens is 1. The summed E-state index contributed by atoms with van der Waals surface area (Å²) in [7, 11) is 0. The Morgan fingerprint density at radius 3 is 2.80 bits per heavy atom. The lowest BCUT2D eigenvalue weighted by Crippen LogP contribution is -1.99. The van der Waals surface area contributed by atoms with Gasteiger partial charge in [-0.15, -0.1) is 5.10 Å². The van der Waals surface area contributed by atoms with Crippen LogP contribution < -0.4 is 0 Å². The fourth-order valence-corrected chi connectivity index (χ4v) is 2.07. The van der Waals surface area contributed by atoms with E-state index in [1.165, 1.54) is 16.8 Å². The van der Waals surface area contributed by atoms with Gasteiger partial charge in [0.2, 0.25) is 0 Å². The minimum atomic E-state index is -1.06. The molecule has 5 nitrogen and oxygen atoms in total. The maximum atomic E-state index is 13.3. The molecule has 6 heteroatoms. The molecule has 0 amide bonds. The predicted molar refractivity (Wildman–Crippen MR) is 70.5 cm³/mol. The quantitative estimate of drug-likeness (QED) is 0.777. The number of fused-ring (bicyclic) bond motifs is 1. The highest BCUT2D eigenvalue weighted by Crippen LogP contribution is 2.21. The van der Waals surface area contributed by atoms with Gasteiger partial charge in [0.25, 0.3) is 0 Å². The Balaban J connectivity index is 2.25. The van der Waals surface area contributed by atoms with E-state index in [-0.39, 0.29) is 11.4 Å². The molecule has 0 aliphatic heterocycles. The van der Waals surface area contributed by atoms with E-state index >= 15 is 0 Å². The molecule has 1 aromatic heterocycles. The lowest BCUT2D eigenvalue weighted by molar-refractivity contribution is 0.0699. The average Bonchev–Trinajstić information content (AvgIpc) is 2.85. The highest BCUT2D eigenvalue weighted by atomic mass is 19.1. The summed E-state index contributed by atoms with van der Waals surface area (Å²) in [5.74, 6) is -1.36. The molecule has 20 heavy (non-hydrogen) atoms. The molecule has 0 saturated carbocycles. The molecular weight excluding hydrogens is 261 g/mol. The standard InChI is InChI=1S/C14H10FN3O2/c1-8-7-9(5-6-11(8)15)18-12-4-2-3-10(14(19)20)13(12)16-17-18/h2-7H,1H3,(H,19,20). The number of rotatable bonds is 2. The van der Waals surface area contributed by atoms with Crippen LogP contribution in [0.4, 0.5) is 4.39 Å². The van der Waals surface area contributed by atoms with Gasteiger partial charge in [0.05, 0.1) is 16.8 Å². The van der Waals surface area contributed by atoms with Crippen molar-refractivity contribution < 1.29 is 14.3 Å². The number of carbonyl (C=O) groups is 1. The fraction of sp³-hybridized carbons (Fsp3) is 0.0714. The van der Waals surface area contributed by atoms with Crippen LogP contribution in [0.5, 0.6) is 0 Å². The molecule has 0 atom stereocenters. The summed E-state index contributed by atoms with van der Waals surface area (Å²) in [6, 6.07) is 9.38. The first-order valence-corrected chi connectivity index (χ1v) is 5.92. The Kier molecular flexibility index (Phi) is 2.71. The van der Waals surface area contributed by atoms with Gasteiger partial charge in [0.1, 0.15) is 11.3 Å². The minimum absolute atomic E-state index is 0.0904. The number of aromatic nitrogens is 3. The van der Waals surface area contributed by atoms with Crippen molar-refractivity contribution >= 4 is 17.0 Å². The fourth-order valence-electron chi connectivity index (χ4n) is 2.07. The zero-order valence-electron chi connectivity index (χ0n) is 10.5. The second-order valence-electron chi connectivity index (χ2n) is 4.41. The van der Waals surface area contributed by atoms with Crippen LogP contribution in [0.2, 0.25) is 0 Å². The molecule has 0 bridgehead atoms. The van der Waals surface area contributed by atoms with Crippen LogP contribution in [0.3, 0.4) is 0 Å². The molecule has 1 N–H and O–H groups in total. The van der Waals surface area contributed by atoms with E-state index in [1.54, 1.807) is 31.2 Å². The molecule has 1 heterocycles. The third kappa shape index (κ3) is 1.82. The van der Waals surface area contributed by atoms with Crippen molar-refractivity contribution in [3.05, 3.63) is 53.3 Å². The van der Waals surface area contributed by atoms with Gasteiger partial charge >= 0.3 is 5.97 Å². The molecule has 0 aliphatic rings. The van der Waals surface area contributed by atoms with Crippen molar-refractivity contribution in [1.29, 1.82) is 0 Å². The third-order valence-corrected chi connectivity index (χ3v) is 3.09. The molecule has 2 aromatic carbocycles. The number of aryl methyl sites for hydroxylation is 1. The van der Waals surface area contributed by atoms with Crippen LogP contribution in [0.1, 0.15) is 15.9 Å². The molecule has 3 rings (SSSR count). The normalized spacial score (nSPS) is 10.9. The average molecular weight is 271 g/mol. The number of hydrogen-bond acceptors (Lipinski definition) is 3. The summed E-state index contributed by atoms with van der Waals surface area (Å²) >= 11 is 0. The van der Waals surface area contributed by atoms with Gasteiger partial charge in [0, 0.05) is 0 Å². The van der Waals surface area contributed by atoms with Crippen LogP contribution in [0.15, 0.2) is 36.4 Å². The van der Waals surface area contributed by atoms with Crippen molar-refractivity contribution in [2.75, 3.05) is 0 Å². The van der Waals surface area contributed by atoms with Crippen LogP contribution in [-0.2, 0) is 0 Å². The molecule has 0 fully saturated rings. The number of nitrogens with zero attached hydrogens (tertiary/aromatic N) is 3. The van der Waals surface area contributed by atoms with Crippen molar-refractivity contribution in [2.24, 2.45) is 0 Å². The van der Waals surface area contributed by atoms with Gasteiger partial charge in [-0.05, 0) is 42.8 Å². The number of benzene rings is 2. The predicted octanol–water partition coefficient (Wildman–Crippen LogP) is 2.57. The van der Waals surface area contributed by atoms with Gasteiger partial charge < -0.3 is 5.11 Å². The third-order valence-electron chi connectivity index (χ3n) is 3.09. The first-order valence-electron chi connectivity index (χ1n) is 5.92. The first kappa shape index (κ1) is 12.3. The Morgan fingerprint density at radius 1 is 1.30 bits per heavy atom. The van der Waals surface area contributed by atoms with E-state index in [1.807, 2.05) is 0 Å². The van der Waals surface area contributed by atoms with Crippen LogP contribution in [0, 0.1) is 12.7 Å². The molecule has 0 saturated heterocycles. The van der Waals surface area contributed by atoms with E-state index in [4.69, 9.17) is 5.11 Å². The SMILES string of the molecule is Cc1cc(-n2nnc3c(C(=O)O)cccc32)ccc1F. The van der Waals surface area contributed by atoms with Gasteiger partial charge in [0.15, 0.2) is 0 Å². The molecule has 0 unspecified atom stereocenters. The number of carboxylic acids is 1. The maximum Gasteiger partial charge on any atom is 0.338 e. The van der Waals surface area contributed by atoms with Crippen molar-refractivity contribution in [1.82, 2.24) is 15.0 Å². The number of aromatic carboxylic acids is 1. The van der Waals surface area contributed by atoms with Crippen molar-refractivity contribution in [2.45, 2.75) is 6.92 Å². The Hall–Kier alpha value is -2.76.